The summed E-state index contributed by atoms with van der Waals surface area (Å²) in [5, 5.41) is 12.4. The van der Waals surface area contributed by atoms with Crippen LogP contribution in [-0.4, -0.2) is 41.7 Å². The third-order valence-corrected chi connectivity index (χ3v) is 4.03. The van der Waals surface area contributed by atoms with Crippen LogP contribution in [0.5, 0.6) is 0 Å². The number of benzene rings is 1. The van der Waals surface area contributed by atoms with Crippen LogP contribution in [0.1, 0.15) is 30.9 Å². The Morgan fingerprint density at radius 2 is 2.05 bits per heavy atom. The number of carboxylic acids is 1. The average Bonchev–Trinajstić information content (AvgIpc) is 3.23. The molecule has 110 valence electrons. The van der Waals surface area contributed by atoms with Gasteiger partial charge in [-0.25, -0.2) is 0 Å². The highest BCUT2D eigenvalue weighted by Crippen LogP contribution is 2.26. The molecule has 0 saturated heterocycles. The van der Waals surface area contributed by atoms with Gasteiger partial charge in [0.2, 0.25) is 0 Å². The topological polar surface area (TPSA) is 52.6 Å². The van der Waals surface area contributed by atoms with E-state index >= 15 is 0 Å². The lowest BCUT2D eigenvalue weighted by atomic mass is 10.0. The van der Waals surface area contributed by atoms with Gasteiger partial charge in [0.05, 0.1) is 6.42 Å². The molecular weight excluding hydrogens is 252 g/mol. The quantitative estimate of drug-likeness (QED) is 0.761. The lowest BCUT2D eigenvalue weighted by molar-refractivity contribution is -0.136. The van der Waals surface area contributed by atoms with E-state index in [1.165, 1.54) is 12.8 Å². The number of aliphatic carboxylic acids is 1. The smallest absolute Gasteiger partial charge is 0.307 e. The maximum Gasteiger partial charge on any atom is 0.307 e. The van der Waals surface area contributed by atoms with Crippen LogP contribution in [0.15, 0.2) is 24.3 Å². The van der Waals surface area contributed by atoms with E-state index in [1.807, 2.05) is 24.3 Å². The number of rotatable bonds is 8. The Morgan fingerprint density at radius 1 is 1.40 bits per heavy atom. The van der Waals surface area contributed by atoms with Gasteiger partial charge >= 0.3 is 5.97 Å². The normalized spacial score (nSPS) is 16.4. The minimum absolute atomic E-state index is 0.0926. The highest BCUT2D eigenvalue weighted by atomic mass is 16.4. The fourth-order valence-electron chi connectivity index (χ4n) is 2.47. The highest BCUT2D eigenvalue weighted by molar-refractivity contribution is 5.70. The molecule has 1 aliphatic rings. The molecular formula is C16H24N2O2. The van der Waals surface area contributed by atoms with Gasteiger partial charge in [0, 0.05) is 25.2 Å². The van der Waals surface area contributed by atoms with Crippen molar-refractivity contribution in [3.8, 4) is 0 Å². The summed E-state index contributed by atoms with van der Waals surface area (Å²) in [4.78, 5) is 13.3. The summed E-state index contributed by atoms with van der Waals surface area (Å²) in [5.74, 6) is -0.778. The first kappa shape index (κ1) is 15.0. The summed E-state index contributed by atoms with van der Waals surface area (Å²) in [6.07, 6.45) is 2.74. The molecule has 2 rings (SSSR count). The number of nitrogens with zero attached hydrogens (tertiary/aromatic N) is 1. The van der Waals surface area contributed by atoms with Crippen LogP contribution in [0.4, 0.5) is 0 Å². The van der Waals surface area contributed by atoms with Crippen molar-refractivity contribution >= 4 is 5.97 Å². The van der Waals surface area contributed by atoms with Crippen molar-refractivity contribution < 1.29 is 9.90 Å². The number of nitrogens with one attached hydrogen (secondary N) is 1. The molecule has 2 N–H and O–H groups in total. The fraction of sp³-hybridized carbons (Fsp3) is 0.562. The molecule has 0 radical (unpaired) electrons. The monoisotopic (exact) mass is 276 g/mol. The van der Waals surface area contributed by atoms with Crippen LogP contribution in [0, 0.1) is 0 Å². The zero-order valence-corrected chi connectivity index (χ0v) is 12.3. The first-order valence-electron chi connectivity index (χ1n) is 7.29. The average molecular weight is 276 g/mol. The maximum absolute atomic E-state index is 10.8. The Hall–Kier alpha value is -1.39. The van der Waals surface area contributed by atoms with Crippen LogP contribution in [-0.2, 0) is 17.8 Å². The molecule has 0 aromatic heterocycles. The van der Waals surface area contributed by atoms with Crippen molar-refractivity contribution in [3.05, 3.63) is 35.4 Å². The predicted molar refractivity (Wildman–Crippen MR) is 79.7 cm³/mol. The van der Waals surface area contributed by atoms with Crippen LogP contribution in [0.25, 0.3) is 0 Å². The van der Waals surface area contributed by atoms with Crippen molar-refractivity contribution in [2.45, 2.75) is 44.8 Å². The van der Waals surface area contributed by atoms with Gasteiger partial charge in [-0.05, 0) is 37.9 Å². The van der Waals surface area contributed by atoms with Crippen molar-refractivity contribution in [2.75, 3.05) is 13.6 Å². The molecule has 4 nitrogen and oxygen atoms in total. The highest BCUT2D eigenvalue weighted by Gasteiger charge is 2.28. The standard InChI is InChI=1S/C16H24N2O2/c1-12(18(2)15-7-8-15)10-17-11-14-6-4-3-5-13(14)9-16(19)20/h3-6,12,15,17H,7-11H2,1-2H3,(H,19,20). The van der Waals surface area contributed by atoms with Gasteiger partial charge in [-0.2, -0.15) is 0 Å². The molecule has 1 atom stereocenters. The van der Waals surface area contributed by atoms with Crippen molar-refractivity contribution in [1.29, 1.82) is 0 Å². The van der Waals surface area contributed by atoms with Crippen LogP contribution in [0.2, 0.25) is 0 Å². The van der Waals surface area contributed by atoms with Gasteiger partial charge in [0.25, 0.3) is 0 Å². The first-order valence-corrected chi connectivity index (χ1v) is 7.29. The Labute approximate surface area is 120 Å². The van der Waals surface area contributed by atoms with Crippen molar-refractivity contribution in [3.63, 3.8) is 0 Å². The molecule has 20 heavy (non-hydrogen) atoms. The second kappa shape index (κ2) is 6.86. The summed E-state index contributed by atoms with van der Waals surface area (Å²) >= 11 is 0. The first-order chi connectivity index (χ1) is 9.58. The number of carboxylic acid groups (broad SMARTS) is 1. The Morgan fingerprint density at radius 3 is 2.65 bits per heavy atom. The van der Waals surface area contributed by atoms with Crippen LogP contribution in [0.3, 0.4) is 0 Å². The second-order valence-corrected chi connectivity index (χ2v) is 5.72. The molecule has 4 heteroatoms. The third kappa shape index (κ3) is 4.32. The maximum atomic E-state index is 10.8. The number of hydrogen-bond acceptors (Lipinski definition) is 3. The van der Waals surface area contributed by atoms with E-state index in [-0.39, 0.29) is 6.42 Å². The minimum Gasteiger partial charge on any atom is -0.481 e. The van der Waals surface area contributed by atoms with E-state index in [1.54, 1.807) is 0 Å². The van der Waals surface area contributed by atoms with Crippen molar-refractivity contribution in [2.24, 2.45) is 0 Å². The van der Waals surface area contributed by atoms with E-state index in [4.69, 9.17) is 5.11 Å². The van der Waals surface area contributed by atoms with Gasteiger partial charge in [-0.15, -0.1) is 0 Å². The number of hydrogen-bond donors (Lipinski definition) is 2. The van der Waals surface area contributed by atoms with Crippen LogP contribution < -0.4 is 5.32 Å². The SMILES string of the molecule is CC(CNCc1ccccc1CC(=O)O)N(C)C1CC1. The molecule has 0 spiro atoms. The van der Waals surface area contributed by atoms with Gasteiger partial charge in [0.1, 0.15) is 0 Å². The number of carbonyl (C=O) groups is 1. The molecule has 1 aliphatic carbocycles. The molecule has 1 fully saturated rings. The van der Waals surface area contributed by atoms with E-state index in [2.05, 4.69) is 24.2 Å². The predicted octanol–water partition coefficient (Wildman–Crippen LogP) is 1.89. The molecule has 1 saturated carbocycles. The molecule has 0 aliphatic heterocycles. The molecule has 1 aromatic rings. The summed E-state index contributed by atoms with van der Waals surface area (Å²) in [6.45, 7) is 3.88. The Balaban J connectivity index is 1.82. The van der Waals surface area contributed by atoms with E-state index < -0.39 is 5.97 Å². The lowest BCUT2D eigenvalue weighted by Crippen LogP contribution is -2.39. The molecule has 0 heterocycles. The van der Waals surface area contributed by atoms with E-state index in [0.29, 0.717) is 6.04 Å². The minimum atomic E-state index is -0.778. The Kier molecular flexibility index (Phi) is 5.15. The lowest BCUT2D eigenvalue weighted by Gasteiger charge is -2.24. The third-order valence-electron chi connectivity index (χ3n) is 4.03. The summed E-state index contributed by atoms with van der Waals surface area (Å²) < 4.78 is 0. The van der Waals surface area contributed by atoms with Gasteiger partial charge < -0.3 is 10.4 Å². The van der Waals surface area contributed by atoms with E-state index in [9.17, 15) is 4.79 Å². The summed E-state index contributed by atoms with van der Waals surface area (Å²) in [7, 11) is 2.18. The molecule has 1 aromatic carbocycles. The second-order valence-electron chi connectivity index (χ2n) is 5.72. The zero-order valence-electron chi connectivity index (χ0n) is 12.3. The van der Waals surface area contributed by atoms with Crippen molar-refractivity contribution in [1.82, 2.24) is 10.2 Å². The van der Waals surface area contributed by atoms with Gasteiger partial charge in [0.15, 0.2) is 0 Å². The molecule has 0 amide bonds. The molecule has 1 unspecified atom stereocenters. The van der Waals surface area contributed by atoms with Gasteiger partial charge in [-0.3, -0.25) is 9.69 Å². The number of likely N-dealkylation sites (N-methyl/N-ethyl adjacent to an activating group) is 1. The fourth-order valence-corrected chi connectivity index (χ4v) is 2.47. The zero-order chi connectivity index (χ0) is 14.5. The largest absolute Gasteiger partial charge is 0.481 e. The Bertz CT molecular complexity index is 458. The summed E-state index contributed by atoms with van der Waals surface area (Å²) in [6, 6.07) is 9.03. The van der Waals surface area contributed by atoms with Gasteiger partial charge in [-0.1, -0.05) is 24.3 Å². The molecule has 0 bridgehead atoms. The summed E-state index contributed by atoms with van der Waals surface area (Å²) in [5.41, 5.74) is 1.98. The van der Waals surface area contributed by atoms with E-state index in [0.717, 1.165) is 30.3 Å². The van der Waals surface area contributed by atoms with Crippen LogP contribution >= 0.6 is 0 Å².